The van der Waals surface area contributed by atoms with E-state index in [9.17, 15) is 4.79 Å². The fourth-order valence-electron chi connectivity index (χ4n) is 1.99. The molecule has 1 fully saturated rings. The van der Waals surface area contributed by atoms with Crippen LogP contribution >= 0.6 is 11.8 Å². The molecule has 0 aliphatic carbocycles. The van der Waals surface area contributed by atoms with Crippen molar-refractivity contribution in [2.24, 2.45) is 0 Å². The number of hydrogen-bond acceptors (Lipinski definition) is 4. The number of H-pyrrole nitrogens is 1. The van der Waals surface area contributed by atoms with Gasteiger partial charge < -0.3 is 4.98 Å². The second kappa shape index (κ2) is 5.05. The molecule has 0 bridgehead atoms. The molecule has 1 aliphatic rings. The van der Waals surface area contributed by atoms with Crippen molar-refractivity contribution >= 4 is 11.8 Å². The largest absolute Gasteiger partial charge is 0.309 e. The summed E-state index contributed by atoms with van der Waals surface area (Å²) in [4.78, 5) is 21.6. The van der Waals surface area contributed by atoms with Gasteiger partial charge in [0, 0.05) is 29.5 Å². The maximum Gasteiger partial charge on any atom is 0.251 e. The highest BCUT2D eigenvalue weighted by Gasteiger charge is 2.25. The molecule has 2 rings (SSSR count). The third-order valence-corrected chi connectivity index (χ3v) is 4.26. The third-order valence-electron chi connectivity index (χ3n) is 3.24. The topological polar surface area (TPSA) is 49.0 Å². The fourth-order valence-corrected chi connectivity index (χ4v) is 3.21. The Morgan fingerprint density at radius 1 is 1.50 bits per heavy atom. The van der Waals surface area contributed by atoms with E-state index in [0.717, 1.165) is 29.6 Å². The van der Waals surface area contributed by atoms with Gasteiger partial charge in [0.1, 0.15) is 5.82 Å². The van der Waals surface area contributed by atoms with Crippen LogP contribution in [-0.4, -0.2) is 40.0 Å². The van der Waals surface area contributed by atoms with Gasteiger partial charge in [0.15, 0.2) is 0 Å². The van der Waals surface area contributed by atoms with E-state index in [1.165, 1.54) is 0 Å². The molecule has 1 aromatic rings. The smallest absolute Gasteiger partial charge is 0.251 e. The molecule has 18 heavy (non-hydrogen) atoms. The average molecular weight is 267 g/mol. The number of thioether (sulfide) groups is 1. The van der Waals surface area contributed by atoms with Gasteiger partial charge >= 0.3 is 0 Å². The molecule has 4 nitrogen and oxygen atoms in total. The van der Waals surface area contributed by atoms with E-state index in [2.05, 4.69) is 42.7 Å². The Bertz CT molecular complexity index is 478. The van der Waals surface area contributed by atoms with Crippen LogP contribution in [0.2, 0.25) is 0 Å². The van der Waals surface area contributed by atoms with Crippen LogP contribution in [0.3, 0.4) is 0 Å². The van der Waals surface area contributed by atoms with Crippen LogP contribution in [0.5, 0.6) is 0 Å². The van der Waals surface area contributed by atoms with Crippen molar-refractivity contribution in [2.45, 2.75) is 32.2 Å². The molecule has 0 aromatic carbocycles. The lowest BCUT2D eigenvalue weighted by Crippen LogP contribution is -2.35. The fraction of sp³-hybridized carbons (Fsp3) is 0.692. The molecule has 2 heterocycles. The number of rotatable bonds is 1. The van der Waals surface area contributed by atoms with Crippen molar-refractivity contribution in [2.75, 3.05) is 25.1 Å². The van der Waals surface area contributed by atoms with Crippen molar-refractivity contribution in [3.8, 4) is 0 Å². The summed E-state index contributed by atoms with van der Waals surface area (Å²) >= 11 is 1.92. The van der Waals surface area contributed by atoms with Crippen molar-refractivity contribution in [3.63, 3.8) is 0 Å². The van der Waals surface area contributed by atoms with Gasteiger partial charge in [0.25, 0.3) is 5.56 Å². The van der Waals surface area contributed by atoms with Crippen LogP contribution in [-0.2, 0) is 5.41 Å². The van der Waals surface area contributed by atoms with E-state index in [-0.39, 0.29) is 17.0 Å². The summed E-state index contributed by atoms with van der Waals surface area (Å²) in [6.45, 7) is 7.28. The SMILES string of the molecule is CN1CCSCC1c1nc(C(C)(C)C)cc(=O)[nH]1. The summed E-state index contributed by atoms with van der Waals surface area (Å²) in [7, 11) is 2.09. The van der Waals surface area contributed by atoms with Crippen LogP contribution in [0.15, 0.2) is 10.9 Å². The zero-order chi connectivity index (χ0) is 13.3. The highest BCUT2D eigenvalue weighted by atomic mass is 32.2. The van der Waals surface area contributed by atoms with Gasteiger partial charge in [-0.2, -0.15) is 11.8 Å². The maximum absolute atomic E-state index is 11.8. The molecule has 100 valence electrons. The van der Waals surface area contributed by atoms with E-state index in [4.69, 9.17) is 0 Å². The van der Waals surface area contributed by atoms with Crippen LogP contribution in [0.25, 0.3) is 0 Å². The summed E-state index contributed by atoms with van der Waals surface area (Å²) in [6.07, 6.45) is 0. The first kappa shape index (κ1) is 13.6. The number of nitrogens with zero attached hydrogens (tertiary/aromatic N) is 2. The van der Waals surface area contributed by atoms with Gasteiger partial charge in [0.05, 0.1) is 11.7 Å². The van der Waals surface area contributed by atoms with Gasteiger partial charge in [-0.3, -0.25) is 9.69 Å². The molecule has 1 aromatic heterocycles. The molecule has 0 spiro atoms. The van der Waals surface area contributed by atoms with E-state index in [0.29, 0.717) is 0 Å². The monoisotopic (exact) mass is 267 g/mol. The van der Waals surface area contributed by atoms with E-state index < -0.39 is 0 Å². The molecule has 5 heteroatoms. The summed E-state index contributed by atoms with van der Waals surface area (Å²) in [5.41, 5.74) is 0.725. The van der Waals surface area contributed by atoms with Crippen LogP contribution in [0.4, 0.5) is 0 Å². The molecule has 1 atom stereocenters. The second-order valence-electron chi connectivity index (χ2n) is 5.84. The summed E-state index contributed by atoms with van der Waals surface area (Å²) in [5.74, 6) is 2.95. The summed E-state index contributed by atoms with van der Waals surface area (Å²) in [5, 5.41) is 0. The third kappa shape index (κ3) is 2.95. The quantitative estimate of drug-likeness (QED) is 0.843. The summed E-state index contributed by atoms with van der Waals surface area (Å²) < 4.78 is 0. The highest BCUT2D eigenvalue weighted by Crippen LogP contribution is 2.27. The van der Waals surface area contributed by atoms with Gasteiger partial charge in [-0.15, -0.1) is 0 Å². The first-order valence-corrected chi connectivity index (χ1v) is 7.43. The van der Waals surface area contributed by atoms with Gasteiger partial charge in [-0.1, -0.05) is 20.8 Å². The first-order valence-electron chi connectivity index (χ1n) is 6.27. The molecule has 0 saturated carbocycles. The Morgan fingerprint density at radius 3 is 2.83 bits per heavy atom. The van der Waals surface area contributed by atoms with Gasteiger partial charge in [-0.25, -0.2) is 4.98 Å². The van der Waals surface area contributed by atoms with Crippen molar-refractivity contribution < 1.29 is 0 Å². The Hall–Kier alpha value is -0.810. The summed E-state index contributed by atoms with van der Waals surface area (Å²) in [6, 6.07) is 1.83. The number of aromatic nitrogens is 2. The van der Waals surface area contributed by atoms with E-state index in [1.54, 1.807) is 6.07 Å². The van der Waals surface area contributed by atoms with Crippen molar-refractivity contribution in [3.05, 3.63) is 27.9 Å². The normalized spacial score (nSPS) is 22.1. The highest BCUT2D eigenvalue weighted by molar-refractivity contribution is 7.99. The second-order valence-corrected chi connectivity index (χ2v) is 6.99. The van der Waals surface area contributed by atoms with Crippen LogP contribution < -0.4 is 5.56 Å². The minimum absolute atomic E-state index is 0.0473. The van der Waals surface area contributed by atoms with Gasteiger partial charge in [-0.05, 0) is 7.05 Å². The zero-order valence-electron chi connectivity index (χ0n) is 11.5. The van der Waals surface area contributed by atoms with Crippen LogP contribution in [0.1, 0.15) is 38.3 Å². The van der Waals surface area contributed by atoms with Gasteiger partial charge in [0.2, 0.25) is 0 Å². The lowest BCUT2D eigenvalue weighted by atomic mass is 9.92. The molecule has 0 radical (unpaired) electrons. The standard InChI is InChI=1S/C13H21N3OS/c1-13(2,3)10-7-11(17)15-12(14-10)9-8-18-6-5-16(9)4/h7,9H,5-6,8H2,1-4H3,(H,14,15,17). The van der Waals surface area contributed by atoms with Crippen molar-refractivity contribution in [1.82, 2.24) is 14.9 Å². The lowest BCUT2D eigenvalue weighted by Gasteiger charge is -2.31. The number of aromatic amines is 1. The molecular weight excluding hydrogens is 246 g/mol. The first-order chi connectivity index (χ1) is 8.38. The molecule has 1 aliphatic heterocycles. The average Bonchev–Trinajstić information content (AvgIpc) is 2.27. The predicted octanol–water partition coefficient (Wildman–Crippen LogP) is 1.79. The molecule has 0 amide bonds. The van der Waals surface area contributed by atoms with E-state index >= 15 is 0 Å². The Labute approximate surface area is 112 Å². The van der Waals surface area contributed by atoms with Crippen molar-refractivity contribution in [1.29, 1.82) is 0 Å². The number of nitrogens with one attached hydrogen (secondary N) is 1. The minimum atomic E-state index is -0.0939. The molecule has 1 N–H and O–H groups in total. The maximum atomic E-state index is 11.8. The Kier molecular flexibility index (Phi) is 3.82. The molecule has 1 saturated heterocycles. The van der Waals surface area contributed by atoms with E-state index in [1.807, 2.05) is 11.8 Å². The lowest BCUT2D eigenvalue weighted by molar-refractivity contribution is 0.263. The molecular formula is C13H21N3OS. The molecule has 1 unspecified atom stereocenters. The Morgan fingerprint density at radius 2 is 2.22 bits per heavy atom. The zero-order valence-corrected chi connectivity index (χ0v) is 12.3. The van der Waals surface area contributed by atoms with Crippen LogP contribution in [0, 0.1) is 0 Å². The number of hydrogen-bond donors (Lipinski definition) is 1. The Balaban J connectivity index is 2.39. The minimum Gasteiger partial charge on any atom is -0.309 e. The predicted molar refractivity (Wildman–Crippen MR) is 76.3 cm³/mol.